The van der Waals surface area contributed by atoms with Crippen molar-refractivity contribution in [1.29, 1.82) is 0 Å². The predicted molar refractivity (Wildman–Crippen MR) is 129 cm³/mol. The number of phenolic OH excluding ortho intramolecular Hbond substituents is 1. The van der Waals surface area contributed by atoms with E-state index in [1.54, 1.807) is 24.3 Å². The standard InChI is InChI=1S/C27H21Cl2NO2/c28-21-13-11-20(12-14-21)26(19-9-5-2-6-10-19)30-27(32)25(18-7-3-1-4-8-18)23-17-22(29)15-16-24(23)31/h1-17,25-26,31H,(H,30,32)/t25-,26-/m1/s1. The van der Waals surface area contributed by atoms with Gasteiger partial charge in [0.1, 0.15) is 5.75 Å². The zero-order valence-electron chi connectivity index (χ0n) is 17.1. The Labute approximate surface area is 197 Å². The number of halogens is 2. The van der Waals surface area contributed by atoms with E-state index in [1.807, 2.05) is 72.8 Å². The monoisotopic (exact) mass is 461 g/mol. The second-order valence-corrected chi connectivity index (χ2v) is 8.32. The molecule has 4 aromatic carbocycles. The van der Waals surface area contributed by atoms with E-state index >= 15 is 0 Å². The highest BCUT2D eigenvalue weighted by atomic mass is 35.5. The van der Waals surface area contributed by atoms with Crippen LogP contribution in [0.2, 0.25) is 10.0 Å². The number of nitrogens with one attached hydrogen (secondary N) is 1. The summed E-state index contributed by atoms with van der Waals surface area (Å²) in [5, 5.41) is 14.8. The Bertz CT molecular complexity index is 1200. The van der Waals surface area contributed by atoms with E-state index in [-0.39, 0.29) is 11.7 Å². The highest BCUT2D eigenvalue weighted by molar-refractivity contribution is 6.31. The fraction of sp³-hybridized carbons (Fsp3) is 0.0741. The largest absolute Gasteiger partial charge is 0.508 e. The van der Waals surface area contributed by atoms with Crippen molar-refractivity contribution in [1.82, 2.24) is 5.32 Å². The van der Waals surface area contributed by atoms with Crippen LogP contribution >= 0.6 is 23.2 Å². The van der Waals surface area contributed by atoms with Crippen LogP contribution in [0.4, 0.5) is 0 Å². The summed E-state index contributed by atoms with van der Waals surface area (Å²) in [6, 6.07) is 30.8. The number of phenols is 1. The molecule has 0 saturated carbocycles. The third-order valence-corrected chi connectivity index (χ3v) is 5.81. The Morgan fingerprint density at radius 2 is 1.22 bits per heavy atom. The van der Waals surface area contributed by atoms with Gasteiger partial charge in [-0.25, -0.2) is 0 Å². The number of benzene rings is 4. The summed E-state index contributed by atoms with van der Waals surface area (Å²) in [7, 11) is 0. The molecule has 0 aliphatic carbocycles. The van der Waals surface area contributed by atoms with Crippen LogP contribution in [-0.4, -0.2) is 11.0 Å². The Morgan fingerprint density at radius 1 is 0.688 bits per heavy atom. The van der Waals surface area contributed by atoms with Crippen LogP contribution in [0.3, 0.4) is 0 Å². The Morgan fingerprint density at radius 3 is 1.84 bits per heavy atom. The minimum Gasteiger partial charge on any atom is -0.508 e. The van der Waals surface area contributed by atoms with Gasteiger partial charge in [0, 0.05) is 15.6 Å². The number of aromatic hydroxyl groups is 1. The molecule has 2 N–H and O–H groups in total. The summed E-state index contributed by atoms with van der Waals surface area (Å²) in [5.74, 6) is -0.980. The first-order valence-corrected chi connectivity index (χ1v) is 10.9. The van der Waals surface area contributed by atoms with Crippen molar-refractivity contribution in [2.24, 2.45) is 0 Å². The zero-order valence-corrected chi connectivity index (χ0v) is 18.6. The molecule has 0 aromatic heterocycles. The smallest absolute Gasteiger partial charge is 0.232 e. The summed E-state index contributed by atoms with van der Waals surface area (Å²) in [4.78, 5) is 13.7. The van der Waals surface area contributed by atoms with E-state index in [2.05, 4.69) is 5.32 Å². The van der Waals surface area contributed by atoms with Gasteiger partial charge in [0.05, 0.1) is 12.0 Å². The average Bonchev–Trinajstić information content (AvgIpc) is 2.82. The number of rotatable bonds is 6. The Kier molecular flexibility index (Phi) is 6.79. The lowest BCUT2D eigenvalue weighted by Crippen LogP contribution is -2.34. The molecular weight excluding hydrogens is 441 g/mol. The van der Waals surface area contributed by atoms with Crippen molar-refractivity contribution in [3.05, 3.63) is 135 Å². The van der Waals surface area contributed by atoms with E-state index in [4.69, 9.17) is 23.2 Å². The van der Waals surface area contributed by atoms with Crippen molar-refractivity contribution < 1.29 is 9.90 Å². The molecule has 0 aliphatic heterocycles. The number of carbonyl (C=O) groups excluding carboxylic acids is 1. The van der Waals surface area contributed by atoms with Crippen LogP contribution in [0.1, 0.15) is 34.2 Å². The first-order valence-electron chi connectivity index (χ1n) is 10.2. The number of hydrogen-bond donors (Lipinski definition) is 2. The van der Waals surface area contributed by atoms with Crippen LogP contribution in [0.5, 0.6) is 5.75 Å². The van der Waals surface area contributed by atoms with E-state index in [9.17, 15) is 9.90 Å². The van der Waals surface area contributed by atoms with E-state index < -0.39 is 12.0 Å². The zero-order chi connectivity index (χ0) is 22.5. The maximum atomic E-state index is 13.7. The molecule has 2 atom stereocenters. The minimum atomic E-state index is -0.742. The fourth-order valence-electron chi connectivity index (χ4n) is 3.76. The van der Waals surface area contributed by atoms with Gasteiger partial charge in [0.15, 0.2) is 0 Å². The minimum absolute atomic E-state index is 0.0150. The second kappa shape index (κ2) is 9.90. The number of hydrogen-bond acceptors (Lipinski definition) is 2. The molecule has 5 heteroatoms. The second-order valence-electron chi connectivity index (χ2n) is 7.45. The highest BCUT2D eigenvalue weighted by Crippen LogP contribution is 2.35. The van der Waals surface area contributed by atoms with Gasteiger partial charge in [0.2, 0.25) is 5.91 Å². The molecule has 0 fully saturated rings. The molecule has 0 heterocycles. The van der Waals surface area contributed by atoms with Gasteiger partial charge in [-0.2, -0.15) is 0 Å². The topological polar surface area (TPSA) is 49.3 Å². The summed E-state index contributed by atoms with van der Waals surface area (Å²) >= 11 is 12.3. The van der Waals surface area contributed by atoms with E-state index in [1.165, 1.54) is 6.07 Å². The first kappa shape index (κ1) is 21.9. The molecule has 3 nitrogen and oxygen atoms in total. The third kappa shape index (κ3) is 4.96. The van der Waals surface area contributed by atoms with Crippen molar-refractivity contribution >= 4 is 29.1 Å². The quantitative estimate of drug-likeness (QED) is 0.334. The molecule has 0 radical (unpaired) electrons. The van der Waals surface area contributed by atoms with Gasteiger partial charge >= 0.3 is 0 Å². The third-order valence-electron chi connectivity index (χ3n) is 5.32. The van der Waals surface area contributed by atoms with E-state index in [0.717, 1.165) is 16.7 Å². The first-order chi connectivity index (χ1) is 15.5. The highest BCUT2D eigenvalue weighted by Gasteiger charge is 2.28. The normalized spacial score (nSPS) is 12.7. The number of carbonyl (C=O) groups is 1. The summed E-state index contributed by atoms with van der Waals surface area (Å²) < 4.78 is 0. The molecule has 0 aliphatic rings. The van der Waals surface area contributed by atoms with Crippen LogP contribution in [0.25, 0.3) is 0 Å². The maximum Gasteiger partial charge on any atom is 0.232 e. The molecule has 32 heavy (non-hydrogen) atoms. The lowest BCUT2D eigenvalue weighted by Gasteiger charge is -2.25. The molecule has 0 bridgehead atoms. The fourth-order valence-corrected chi connectivity index (χ4v) is 4.07. The van der Waals surface area contributed by atoms with Gasteiger partial charge in [0.25, 0.3) is 0 Å². The molecule has 0 spiro atoms. The van der Waals surface area contributed by atoms with Crippen LogP contribution in [0, 0.1) is 0 Å². The Balaban J connectivity index is 1.76. The summed E-state index contributed by atoms with van der Waals surface area (Å²) in [6.45, 7) is 0. The van der Waals surface area contributed by atoms with E-state index in [0.29, 0.717) is 15.6 Å². The van der Waals surface area contributed by atoms with Crippen LogP contribution < -0.4 is 5.32 Å². The van der Waals surface area contributed by atoms with Crippen molar-refractivity contribution in [3.63, 3.8) is 0 Å². The number of amides is 1. The SMILES string of the molecule is O=C(N[C@H](c1ccccc1)c1ccc(Cl)cc1)[C@H](c1ccccc1)c1cc(Cl)ccc1O. The maximum absolute atomic E-state index is 13.7. The van der Waals surface area contributed by atoms with Gasteiger partial charge in [-0.3, -0.25) is 4.79 Å². The van der Waals surface area contributed by atoms with Crippen molar-refractivity contribution in [3.8, 4) is 5.75 Å². The van der Waals surface area contributed by atoms with Crippen molar-refractivity contribution in [2.75, 3.05) is 0 Å². The molecular formula is C27H21Cl2NO2. The van der Waals surface area contributed by atoms with Gasteiger partial charge in [-0.15, -0.1) is 0 Å². The Hall–Kier alpha value is -3.27. The molecule has 4 aromatic rings. The molecule has 0 saturated heterocycles. The molecule has 0 unspecified atom stereocenters. The van der Waals surface area contributed by atoms with Gasteiger partial charge in [-0.05, 0) is 47.0 Å². The van der Waals surface area contributed by atoms with Crippen LogP contribution in [-0.2, 0) is 4.79 Å². The molecule has 4 rings (SSSR count). The summed E-state index contributed by atoms with van der Waals surface area (Å²) in [5.41, 5.74) is 3.04. The molecule has 1 amide bonds. The van der Waals surface area contributed by atoms with Gasteiger partial charge in [-0.1, -0.05) is 96.0 Å². The summed E-state index contributed by atoms with van der Waals surface area (Å²) in [6.07, 6.45) is 0. The average molecular weight is 462 g/mol. The molecule has 160 valence electrons. The lowest BCUT2D eigenvalue weighted by atomic mass is 9.88. The van der Waals surface area contributed by atoms with Crippen molar-refractivity contribution in [2.45, 2.75) is 12.0 Å². The predicted octanol–water partition coefficient (Wildman–Crippen LogP) is 6.74. The van der Waals surface area contributed by atoms with Gasteiger partial charge < -0.3 is 10.4 Å². The lowest BCUT2D eigenvalue weighted by molar-refractivity contribution is -0.122. The van der Waals surface area contributed by atoms with Crippen LogP contribution in [0.15, 0.2) is 103 Å².